The van der Waals surface area contributed by atoms with E-state index in [2.05, 4.69) is 53.8 Å². The van der Waals surface area contributed by atoms with Gasteiger partial charge in [0.1, 0.15) is 18.2 Å². The molecule has 2 aliphatic rings. The quantitative estimate of drug-likeness (QED) is 0.509. The highest BCUT2D eigenvalue weighted by Crippen LogP contribution is 2.36. The zero-order chi connectivity index (χ0) is 20.5. The molecule has 0 unspecified atom stereocenters. The number of aromatic nitrogens is 3. The van der Waals surface area contributed by atoms with Gasteiger partial charge in [0, 0.05) is 22.0 Å². The first kappa shape index (κ1) is 20.0. The minimum atomic E-state index is 0.451. The Kier molecular flexibility index (Phi) is 5.81. The van der Waals surface area contributed by atoms with Gasteiger partial charge in [-0.1, -0.05) is 39.7 Å². The second-order valence-corrected chi connectivity index (χ2v) is 9.37. The number of likely N-dealkylation sites (tertiary alicyclic amines) is 1. The molecule has 0 radical (unpaired) electrons. The van der Waals surface area contributed by atoms with Crippen molar-refractivity contribution in [1.82, 2.24) is 19.7 Å². The summed E-state index contributed by atoms with van der Waals surface area (Å²) in [5.41, 5.74) is 2.36. The third kappa shape index (κ3) is 4.13. The summed E-state index contributed by atoms with van der Waals surface area (Å²) in [6.07, 6.45) is 3.29. The molecule has 3 heterocycles. The maximum absolute atomic E-state index is 5.99. The molecule has 5 rings (SSSR count). The van der Waals surface area contributed by atoms with Crippen LogP contribution >= 0.6 is 27.5 Å². The van der Waals surface area contributed by atoms with Crippen LogP contribution in [0.2, 0.25) is 5.02 Å². The summed E-state index contributed by atoms with van der Waals surface area (Å²) in [7, 11) is 0. The maximum Gasteiger partial charge on any atom is 0.167 e. The van der Waals surface area contributed by atoms with Crippen LogP contribution in [0.1, 0.15) is 30.1 Å². The summed E-state index contributed by atoms with van der Waals surface area (Å²) in [5.74, 6) is 3.36. The van der Waals surface area contributed by atoms with Gasteiger partial charge in [-0.05, 0) is 68.2 Å². The molecule has 0 atom stereocenters. The van der Waals surface area contributed by atoms with Crippen LogP contribution in [0.4, 0.5) is 0 Å². The molecule has 5 nitrogen and oxygen atoms in total. The van der Waals surface area contributed by atoms with E-state index in [4.69, 9.17) is 16.3 Å². The molecule has 156 valence electrons. The van der Waals surface area contributed by atoms with Crippen molar-refractivity contribution >= 4 is 27.5 Å². The van der Waals surface area contributed by atoms with Crippen LogP contribution < -0.4 is 4.74 Å². The average molecular weight is 488 g/mol. The molecule has 2 aromatic carbocycles. The van der Waals surface area contributed by atoms with Crippen molar-refractivity contribution in [2.24, 2.45) is 0 Å². The lowest BCUT2D eigenvalue weighted by Crippen LogP contribution is -2.35. The Morgan fingerprint density at radius 1 is 1.03 bits per heavy atom. The minimum absolute atomic E-state index is 0.451. The Hall–Kier alpha value is -1.89. The summed E-state index contributed by atoms with van der Waals surface area (Å²) in [5, 5.41) is 9.99. The number of hydrogen-bond acceptors (Lipinski definition) is 4. The van der Waals surface area contributed by atoms with Crippen molar-refractivity contribution < 1.29 is 4.74 Å². The van der Waals surface area contributed by atoms with Gasteiger partial charge in [0.15, 0.2) is 5.82 Å². The van der Waals surface area contributed by atoms with Gasteiger partial charge in [0.2, 0.25) is 0 Å². The first-order valence-corrected chi connectivity index (χ1v) is 11.7. The second kappa shape index (κ2) is 8.69. The highest BCUT2D eigenvalue weighted by atomic mass is 79.9. The number of halogens is 2. The summed E-state index contributed by atoms with van der Waals surface area (Å²) in [6, 6.07) is 14.3. The molecule has 1 fully saturated rings. The topological polar surface area (TPSA) is 43.2 Å². The average Bonchev–Trinajstić information content (AvgIpc) is 3.10. The van der Waals surface area contributed by atoms with Gasteiger partial charge in [0.25, 0.3) is 0 Å². The van der Waals surface area contributed by atoms with Crippen molar-refractivity contribution in [2.75, 3.05) is 26.2 Å². The number of hydrogen-bond donors (Lipinski definition) is 0. The van der Waals surface area contributed by atoms with Gasteiger partial charge >= 0.3 is 0 Å². The molecule has 30 heavy (non-hydrogen) atoms. The normalized spacial score (nSPS) is 17.1. The van der Waals surface area contributed by atoms with Gasteiger partial charge in [-0.15, -0.1) is 10.2 Å². The number of nitrogens with zero attached hydrogens (tertiary/aromatic N) is 4. The van der Waals surface area contributed by atoms with Crippen LogP contribution in [-0.2, 0) is 13.0 Å². The van der Waals surface area contributed by atoms with E-state index in [0.29, 0.717) is 12.5 Å². The molecular weight excluding hydrogens is 464 g/mol. The molecule has 0 spiro atoms. The van der Waals surface area contributed by atoms with E-state index in [1.54, 1.807) is 0 Å². The van der Waals surface area contributed by atoms with Gasteiger partial charge in [0.05, 0.1) is 12.1 Å². The first-order chi connectivity index (χ1) is 14.7. The van der Waals surface area contributed by atoms with Crippen molar-refractivity contribution in [3.8, 4) is 17.1 Å². The molecule has 0 N–H and O–H groups in total. The Bertz CT molecular complexity index is 1030. The summed E-state index contributed by atoms with van der Waals surface area (Å²) >= 11 is 9.56. The van der Waals surface area contributed by atoms with Crippen LogP contribution in [0.25, 0.3) is 11.4 Å². The van der Waals surface area contributed by atoms with E-state index < -0.39 is 0 Å². The Balaban J connectivity index is 1.26. The van der Waals surface area contributed by atoms with Crippen LogP contribution in [0.3, 0.4) is 0 Å². The standard InChI is InChI=1S/C23H24BrClN4O/c24-18-3-6-21-20(15-18)23-27-26-22(29(23)13-14-30-21)17-8-11-28(12-9-17)10-7-16-1-4-19(25)5-2-16/h1-6,15,17H,7-14H2. The lowest BCUT2D eigenvalue weighted by molar-refractivity contribution is 0.208. The van der Waals surface area contributed by atoms with Crippen LogP contribution in [0, 0.1) is 0 Å². The Morgan fingerprint density at radius 3 is 2.63 bits per heavy atom. The lowest BCUT2D eigenvalue weighted by Gasteiger charge is -2.31. The number of piperidine rings is 1. The monoisotopic (exact) mass is 486 g/mol. The Morgan fingerprint density at radius 2 is 1.83 bits per heavy atom. The Labute approximate surface area is 190 Å². The number of fused-ring (bicyclic) bond motifs is 3. The molecule has 3 aromatic rings. The molecule has 0 saturated carbocycles. The van der Waals surface area contributed by atoms with Gasteiger partial charge < -0.3 is 14.2 Å². The van der Waals surface area contributed by atoms with Crippen LogP contribution in [-0.4, -0.2) is 45.9 Å². The van der Waals surface area contributed by atoms with Crippen LogP contribution in [0.15, 0.2) is 46.9 Å². The fourth-order valence-electron chi connectivity index (χ4n) is 4.44. The number of benzene rings is 2. The number of ether oxygens (including phenoxy) is 1. The highest BCUT2D eigenvalue weighted by molar-refractivity contribution is 9.10. The molecule has 7 heteroatoms. The van der Waals surface area contributed by atoms with E-state index in [-0.39, 0.29) is 0 Å². The molecule has 0 bridgehead atoms. The van der Waals surface area contributed by atoms with E-state index >= 15 is 0 Å². The molecule has 1 saturated heterocycles. The number of rotatable bonds is 4. The van der Waals surface area contributed by atoms with Crippen molar-refractivity contribution in [3.05, 3.63) is 63.3 Å². The zero-order valence-corrected chi connectivity index (χ0v) is 19.1. The lowest BCUT2D eigenvalue weighted by atomic mass is 9.95. The predicted molar refractivity (Wildman–Crippen MR) is 122 cm³/mol. The maximum atomic E-state index is 5.99. The summed E-state index contributed by atoms with van der Waals surface area (Å²) in [6.45, 7) is 4.72. The largest absolute Gasteiger partial charge is 0.491 e. The van der Waals surface area contributed by atoms with Crippen molar-refractivity contribution in [2.45, 2.75) is 31.7 Å². The predicted octanol–water partition coefficient (Wildman–Crippen LogP) is 5.18. The van der Waals surface area contributed by atoms with Gasteiger partial charge in [-0.3, -0.25) is 0 Å². The molecule has 2 aliphatic heterocycles. The van der Waals surface area contributed by atoms with E-state index in [0.717, 1.165) is 77.9 Å². The third-order valence-electron chi connectivity index (χ3n) is 6.12. The van der Waals surface area contributed by atoms with Crippen molar-refractivity contribution in [1.29, 1.82) is 0 Å². The smallest absolute Gasteiger partial charge is 0.167 e. The highest BCUT2D eigenvalue weighted by Gasteiger charge is 2.28. The second-order valence-electron chi connectivity index (χ2n) is 8.01. The molecule has 1 aromatic heterocycles. The third-order valence-corrected chi connectivity index (χ3v) is 6.86. The molecule has 0 amide bonds. The molecular formula is C23H24BrClN4O. The zero-order valence-electron chi connectivity index (χ0n) is 16.7. The van der Waals surface area contributed by atoms with E-state index in [9.17, 15) is 0 Å². The van der Waals surface area contributed by atoms with E-state index in [1.165, 1.54) is 5.56 Å². The summed E-state index contributed by atoms with van der Waals surface area (Å²) in [4.78, 5) is 2.56. The first-order valence-electron chi connectivity index (χ1n) is 10.5. The van der Waals surface area contributed by atoms with E-state index in [1.807, 2.05) is 24.3 Å². The van der Waals surface area contributed by atoms with Gasteiger partial charge in [-0.25, -0.2) is 0 Å². The van der Waals surface area contributed by atoms with Crippen molar-refractivity contribution in [3.63, 3.8) is 0 Å². The fraction of sp³-hybridized carbons (Fsp3) is 0.391. The SMILES string of the molecule is Clc1ccc(CCN2CCC(c3nnc4n3CCOc3ccc(Br)cc3-4)CC2)cc1. The van der Waals surface area contributed by atoms with Gasteiger partial charge in [-0.2, -0.15) is 0 Å². The molecule has 0 aliphatic carbocycles. The fourth-order valence-corrected chi connectivity index (χ4v) is 4.93. The van der Waals surface area contributed by atoms with Crippen LogP contribution in [0.5, 0.6) is 5.75 Å². The minimum Gasteiger partial charge on any atom is -0.491 e. The summed E-state index contributed by atoms with van der Waals surface area (Å²) < 4.78 is 9.25.